The van der Waals surface area contributed by atoms with Crippen LogP contribution in [-0.4, -0.2) is 35.0 Å². The van der Waals surface area contributed by atoms with Gasteiger partial charge in [0.2, 0.25) is 0 Å². The van der Waals surface area contributed by atoms with Gasteiger partial charge >= 0.3 is 6.18 Å². The number of nitrogens with two attached hydrogens (primary N) is 2. The van der Waals surface area contributed by atoms with Crippen LogP contribution in [0.25, 0.3) is 22.4 Å². The highest BCUT2D eigenvalue weighted by Gasteiger charge is 2.32. The second-order valence-corrected chi connectivity index (χ2v) is 7.64. The second kappa shape index (κ2) is 10.7. The number of benzene rings is 1. The number of aryl methyl sites for hydroxylation is 1. The molecule has 0 bridgehead atoms. The minimum atomic E-state index is -4.79. The highest BCUT2D eigenvalue weighted by atomic mass is 19.4. The molecule has 11 heteroatoms. The molecule has 2 amide bonds. The van der Waals surface area contributed by atoms with E-state index in [1.165, 1.54) is 13.2 Å². The number of rotatable bonds is 6. The van der Waals surface area contributed by atoms with Crippen molar-refractivity contribution in [3.63, 3.8) is 0 Å². The number of aromatic nitrogens is 2. The van der Waals surface area contributed by atoms with Crippen LogP contribution in [0.4, 0.5) is 18.9 Å². The van der Waals surface area contributed by atoms with E-state index in [9.17, 15) is 22.8 Å². The standard InChI is InChI=1S/C25H23F3N6O2/c1-14-3-4-18(34-23(35)17(13-29)11-22(30)25(26,27)28)12-19(14)15-5-7-32-20(9-15)16-6-8-33-21(10-16)24(36)31-2/h3-13H,29-30H2,1-2H3,(H,31,36)(H,34,35)/b17-13+,22-11-. The van der Waals surface area contributed by atoms with Gasteiger partial charge < -0.3 is 22.1 Å². The van der Waals surface area contributed by atoms with Gasteiger partial charge in [0.15, 0.2) is 0 Å². The summed E-state index contributed by atoms with van der Waals surface area (Å²) >= 11 is 0. The number of halogens is 3. The van der Waals surface area contributed by atoms with E-state index in [4.69, 9.17) is 11.5 Å². The molecule has 0 spiro atoms. The maximum absolute atomic E-state index is 12.7. The molecule has 6 N–H and O–H groups in total. The lowest BCUT2D eigenvalue weighted by Gasteiger charge is -2.13. The molecule has 1 aromatic carbocycles. The van der Waals surface area contributed by atoms with Crippen molar-refractivity contribution in [3.05, 3.63) is 89.7 Å². The molecule has 3 aromatic rings. The van der Waals surface area contributed by atoms with E-state index in [-0.39, 0.29) is 11.6 Å². The molecule has 2 heterocycles. The largest absolute Gasteiger partial charge is 0.430 e. The quantitative estimate of drug-likeness (QED) is 0.304. The number of nitrogens with zero attached hydrogens (tertiary/aromatic N) is 2. The highest BCUT2D eigenvalue weighted by molar-refractivity contribution is 6.06. The molecule has 0 atom stereocenters. The maximum Gasteiger partial charge on any atom is 0.430 e. The fourth-order valence-electron chi connectivity index (χ4n) is 3.25. The number of nitrogens with one attached hydrogen (secondary N) is 2. The van der Waals surface area contributed by atoms with Crippen molar-refractivity contribution >= 4 is 17.5 Å². The van der Waals surface area contributed by atoms with Gasteiger partial charge in [-0.05, 0) is 66.1 Å². The topological polar surface area (TPSA) is 136 Å². The van der Waals surface area contributed by atoms with Crippen molar-refractivity contribution in [2.45, 2.75) is 13.1 Å². The van der Waals surface area contributed by atoms with Crippen LogP contribution in [-0.2, 0) is 4.79 Å². The van der Waals surface area contributed by atoms with Gasteiger partial charge in [-0.25, -0.2) is 0 Å². The third-order valence-corrected chi connectivity index (χ3v) is 5.16. The Hall–Kier alpha value is -4.67. The third kappa shape index (κ3) is 6.06. The number of amides is 2. The predicted molar refractivity (Wildman–Crippen MR) is 130 cm³/mol. The number of pyridine rings is 2. The smallest absolute Gasteiger partial charge is 0.404 e. The van der Waals surface area contributed by atoms with E-state index in [0.29, 0.717) is 23.0 Å². The van der Waals surface area contributed by atoms with Crippen molar-refractivity contribution in [3.8, 4) is 22.4 Å². The number of anilines is 1. The first-order chi connectivity index (χ1) is 17.0. The van der Waals surface area contributed by atoms with Gasteiger partial charge in [-0.3, -0.25) is 19.6 Å². The minimum Gasteiger partial charge on any atom is -0.404 e. The Morgan fingerprint density at radius 1 is 1.00 bits per heavy atom. The summed E-state index contributed by atoms with van der Waals surface area (Å²) in [6.07, 6.45) is -0.449. The third-order valence-electron chi connectivity index (χ3n) is 5.16. The zero-order chi connectivity index (χ0) is 26.5. The minimum absolute atomic E-state index is 0.243. The van der Waals surface area contributed by atoms with Gasteiger partial charge in [-0.15, -0.1) is 0 Å². The summed E-state index contributed by atoms with van der Waals surface area (Å²) in [4.78, 5) is 32.9. The lowest BCUT2D eigenvalue weighted by atomic mass is 9.98. The van der Waals surface area contributed by atoms with E-state index in [2.05, 4.69) is 20.6 Å². The molecule has 0 saturated carbocycles. The Morgan fingerprint density at radius 2 is 1.69 bits per heavy atom. The molecule has 0 aliphatic carbocycles. The number of allylic oxidation sites excluding steroid dienone is 1. The molecule has 8 nitrogen and oxygen atoms in total. The van der Waals surface area contributed by atoms with Gasteiger partial charge in [-0.1, -0.05) is 6.07 Å². The van der Waals surface area contributed by atoms with Crippen molar-refractivity contribution in [1.29, 1.82) is 0 Å². The van der Waals surface area contributed by atoms with Crippen LogP contribution in [0, 0.1) is 6.92 Å². The molecule has 2 aromatic heterocycles. The first-order valence-electron chi connectivity index (χ1n) is 10.6. The Kier molecular flexibility index (Phi) is 7.73. The normalized spacial score (nSPS) is 12.2. The molecule has 0 radical (unpaired) electrons. The fourth-order valence-corrected chi connectivity index (χ4v) is 3.25. The van der Waals surface area contributed by atoms with Crippen LogP contribution in [0.5, 0.6) is 0 Å². The average molecular weight is 496 g/mol. The number of alkyl halides is 3. The summed E-state index contributed by atoms with van der Waals surface area (Å²) in [6, 6.07) is 12.0. The Labute approximate surface area is 204 Å². The molecular formula is C25H23F3N6O2. The molecule has 0 aliphatic heterocycles. The first-order valence-corrected chi connectivity index (χ1v) is 10.6. The van der Waals surface area contributed by atoms with Crippen molar-refractivity contribution < 1.29 is 22.8 Å². The Bertz CT molecular complexity index is 1370. The number of carbonyl (C=O) groups excluding carboxylic acids is 2. The summed E-state index contributed by atoms with van der Waals surface area (Å²) < 4.78 is 38.2. The van der Waals surface area contributed by atoms with Crippen LogP contribution in [0.3, 0.4) is 0 Å². The van der Waals surface area contributed by atoms with Crippen molar-refractivity contribution in [2.75, 3.05) is 12.4 Å². The lowest BCUT2D eigenvalue weighted by molar-refractivity contribution is -0.112. The SMILES string of the molecule is CNC(=O)c1cc(-c2cc(-c3cc(NC(=O)C(/C=C(\N)C(F)(F)F)=C/N)ccc3C)ccn2)ccn1. The van der Waals surface area contributed by atoms with E-state index in [0.717, 1.165) is 22.9 Å². The van der Waals surface area contributed by atoms with Gasteiger partial charge in [0, 0.05) is 36.9 Å². The average Bonchev–Trinajstić information content (AvgIpc) is 2.87. The monoisotopic (exact) mass is 496 g/mol. The zero-order valence-corrected chi connectivity index (χ0v) is 19.4. The molecule has 0 unspecified atom stereocenters. The summed E-state index contributed by atoms with van der Waals surface area (Å²) in [7, 11) is 1.51. The predicted octanol–water partition coefficient (Wildman–Crippen LogP) is 3.66. The second-order valence-electron chi connectivity index (χ2n) is 7.64. The van der Waals surface area contributed by atoms with E-state index < -0.39 is 23.4 Å². The molecule has 0 aliphatic rings. The summed E-state index contributed by atoms with van der Waals surface area (Å²) in [6.45, 7) is 1.87. The summed E-state index contributed by atoms with van der Waals surface area (Å²) in [5, 5.41) is 5.06. The highest BCUT2D eigenvalue weighted by Crippen LogP contribution is 2.30. The lowest BCUT2D eigenvalue weighted by Crippen LogP contribution is -2.22. The Morgan fingerprint density at radius 3 is 2.36 bits per heavy atom. The molecule has 186 valence electrons. The van der Waals surface area contributed by atoms with Gasteiger partial charge in [0.05, 0.1) is 11.3 Å². The molecule has 0 saturated heterocycles. The van der Waals surface area contributed by atoms with Crippen LogP contribution in [0.2, 0.25) is 0 Å². The van der Waals surface area contributed by atoms with Gasteiger partial charge in [-0.2, -0.15) is 13.2 Å². The number of hydrogen-bond acceptors (Lipinski definition) is 6. The van der Waals surface area contributed by atoms with E-state index in [1.54, 1.807) is 42.6 Å². The fraction of sp³-hybridized carbons (Fsp3) is 0.120. The van der Waals surface area contributed by atoms with Crippen molar-refractivity contribution in [1.82, 2.24) is 15.3 Å². The molecular weight excluding hydrogens is 473 g/mol. The maximum atomic E-state index is 12.7. The van der Waals surface area contributed by atoms with Crippen LogP contribution in [0.15, 0.2) is 78.4 Å². The molecule has 36 heavy (non-hydrogen) atoms. The first kappa shape index (κ1) is 25.9. The zero-order valence-electron chi connectivity index (χ0n) is 19.4. The molecule has 0 fully saturated rings. The summed E-state index contributed by atoms with van der Waals surface area (Å²) in [5.41, 5.74) is 12.7. The number of hydrogen-bond donors (Lipinski definition) is 4. The number of carbonyl (C=O) groups is 2. The van der Waals surface area contributed by atoms with Crippen LogP contribution in [0.1, 0.15) is 16.1 Å². The van der Waals surface area contributed by atoms with E-state index >= 15 is 0 Å². The van der Waals surface area contributed by atoms with Gasteiger partial charge in [0.25, 0.3) is 11.8 Å². The summed E-state index contributed by atoms with van der Waals surface area (Å²) in [5.74, 6) is -1.18. The van der Waals surface area contributed by atoms with E-state index in [1.807, 2.05) is 13.0 Å². The van der Waals surface area contributed by atoms with Crippen LogP contribution >= 0.6 is 0 Å². The van der Waals surface area contributed by atoms with Crippen LogP contribution < -0.4 is 22.1 Å². The molecule has 3 rings (SSSR count). The van der Waals surface area contributed by atoms with Crippen molar-refractivity contribution in [2.24, 2.45) is 11.5 Å². The van der Waals surface area contributed by atoms with Gasteiger partial charge in [0.1, 0.15) is 11.4 Å². The Balaban J connectivity index is 1.92.